The summed E-state index contributed by atoms with van der Waals surface area (Å²) >= 11 is 0.668. The Bertz CT molecular complexity index is 720. The summed E-state index contributed by atoms with van der Waals surface area (Å²) in [5.74, 6) is 0. The van der Waals surface area contributed by atoms with E-state index in [1.165, 1.54) is 21.8 Å². The molecule has 0 aliphatic carbocycles. The van der Waals surface area contributed by atoms with Crippen LogP contribution in [0.25, 0.3) is 0 Å². The van der Waals surface area contributed by atoms with Crippen molar-refractivity contribution in [1.82, 2.24) is 0 Å². The molecule has 0 unspecified atom stereocenters. The first-order valence-corrected chi connectivity index (χ1v) is 10.5. The second kappa shape index (κ2) is 9.17. The summed E-state index contributed by atoms with van der Waals surface area (Å²) in [5, 5.41) is 2.46. The Labute approximate surface area is 145 Å². The average Bonchev–Trinajstić information content (AvgIpc) is 2.49. The Balaban J connectivity index is 0.000000307. The van der Waals surface area contributed by atoms with Gasteiger partial charge in [0.15, 0.2) is 10.1 Å². The van der Waals surface area contributed by atoms with Gasteiger partial charge in [-0.2, -0.15) is 13.2 Å². The summed E-state index contributed by atoms with van der Waals surface area (Å²) in [7, 11) is -4.04. The SMILES string of the molecule is C[n+]1ccc(C[Se]Cc2ccccc2)cc1.O=S(=O)([O-])C(F)(F)F. The molecular weight excluding hydrogens is 410 g/mol. The summed E-state index contributed by atoms with van der Waals surface area (Å²) in [5.41, 5.74) is -2.73. The number of benzene rings is 1. The molecule has 0 aliphatic heterocycles. The van der Waals surface area contributed by atoms with Crippen LogP contribution in [0.2, 0.25) is 0 Å². The molecule has 9 heteroatoms. The molecule has 1 aromatic carbocycles. The Morgan fingerprint density at radius 3 is 1.83 bits per heavy atom. The fourth-order valence-corrected chi connectivity index (χ4v) is 3.50. The maximum absolute atomic E-state index is 10.7. The van der Waals surface area contributed by atoms with E-state index in [1.807, 2.05) is 0 Å². The third kappa shape index (κ3) is 7.92. The van der Waals surface area contributed by atoms with Gasteiger partial charge < -0.3 is 4.55 Å². The van der Waals surface area contributed by atoms with E-state index in [4.69, 9.17) is 13.0 Å². The standard InChI is InChI=1S/C14H16NSe.CHF3O3S/c1-15-9-7-14(8-10-15)12-16-11-13-5-3-2-4-6-13;2-1(3,4)8(5,6)7/h2-10H,11-12H2,1H3;(H,5,6,7)/q+1;/p-1. The molecular formula is C15H16F3NO3SSe. The maximum Gasteiger partial charge on any atom is 0.485 e. The number of nitrogens with zero attached hydrogens (tertiary/aromatic N) is 1. The molecule has 1 heterocycles. The van der Waals surface area contributed by atoms with Crippen LogP contribution in [0.4, 0.5) is 13.2 Å². The van der Waals surface area contributed by atoms with Crippen LogP contribution in [0.5, 0.6) is 0 Å². The van der Waals surface area contributed by atoms with E-state index in [9.17, 15) is 13.2 Å². The minimum absolute atomic E-state index is 0.668. The van der Waals surface area contributed by atoms with Crippen LogP contribution in [0, 0.1) is 0 Å². The maximum atomic E-state index is 10.7. The van der Waals surface area contributed by atoms with Gasteiger partial charge in [-0.05, 0) is 0 Å². The zero-order chi connectivity index (χ0) is 18.2. The van der Waals surface area contributed by atoms with E-state index < -0.39 is 15.6 Å². The first-order chi connectivity index (χ1) is 11.1. The van der Waals surface area contributed by atoms with Crippen molar-refractivity contribution in [3.05, 3.63) is 66.0 Å². The summed E-state index contributed by atoms with van der Waals surface area (Å²) in [6, 6.07) is 15.2. The molecule has 0 radical (unpaired) electrons. The van der Waals surface area contributed by atoms with Gasteiger partial charge in [0.2, 0.25) is 0 Å². The first-order valence-electron chi connectivity index (χ1n) is 6.67. The molecule has 0 aliphatic rings. The molecule has 0 atom stereocenters. The van der Waals surface area contributed by atoms with Gasteiger partial charge in [-0.3, -0.25) is 0 Å². The molecule has 4 nitrogen and oxygen atoms in total. The molecule has 0 fully saturated rings. The minimum atomic E-state index is -6.09. The van der Waals surface area contributed by atoms with Crippen LogP contribution in [0.3, 0.4) is 0 Å². The number of rotatable bonds is 4. The van der Waals surface area contributed by atoms with Crippen LogP contribution in [-0.2, 0) is 27.8 Å². The van der Waals surface area contributed by atoms with Gasteiger partial charge in [0.25, 0.3) is 0 Å². The summed E-state index contributed by atoms with van der Waals surface area (Å²) in [4.78, 5) is 0. The molecule has 0 saturated heterocycles. The molecule has 1 aromatic heterocycles. The Kier molecular flexibility index (Phi) is 7.89. The van der Waals surface area contributed by atoms with Gasteiger partial charge in [-0.1, -0.05) is 0 Å². The smallest absolute Gasteiger partial charge is 0.485 e. The molecule has 132 valence electrons. The summed E-state index contributed by atoms with van der Waals surface area (Å²) in [6.45, 7) is 0. The first kappa shape index (κ1) is 20.6. The number of halogens is 3. The number of hydrogen-bond donors (Lipinski definition) is 0. The second-order valence-electron chi connectivity index (χ2n) is 4.75. The fraction of sp³-hybridized carbons (Fsp3) is 0.267. The Morgan fingerprint density at radius 2 is 1.42 bits per heavy atom. The van der Waals surface area contributed by atoms with E-state index in [0.29, 0.717) is 15.0 Å². The van der Waals surface area contributed by atoms with Crippen LogP contribution < -0.4 is 4.57 Å². The topological polar surface area (TPSA) is 61.1 Å². The van der Waals surface area contributed by atoms with Crippen molar-refractivity contribution in [3.63, 3.8) is 0 Å². The number of alkyl halides is 3. The van der Waals surface area contributed by atoms with Gasteiger partial charge in [0, 0.05) is 0 Å². The fourth-order valence-electron chi connectivity index (χ4n) is 1.49. The van der Waals surface area contributed by atoms with E-state index >= 15 is 0 Å². The van der Waals surface area contributed by atoms with Crippen molar-refractivity contribution in [1.29, 1.82) is 0 Å². The number of aryl methyl sites for hydroxylation is 1. The molecule has 2 rings (SSSR count). The third-order valence-electron chi connectivity index (χ3n) is 2.71. The predicted molar refractivity (Wildman–Crippen MR) is 83.0 cm³/mol. The van der Waals surface area contributed by atoms with E-state index in [0.717, 1.165) is 0 Å². The summed E-state index contributed by atoms with van der Waals surface area (Å²) < 4.78 is 61.0. The molecule has 0 spiro atoms. The van der Waals surface area contributed by atoms with Gasteiger partial charge in [-0.25, -0.2) is 8.42 Å². The van der Waals surface area contributed by atoms with Gasteiger partial charge in [0.05, 0.1) is 0 Å². The molecule has 24 heavy (non-hydrogen) atoms. The second-order valence-corrected chi connectivity index (χ2v) is 8.19. The normalized spacial score (nSPS) is 11.5. The van der Waals surface area contributed by atoms with Crippen LogP contribution in [0.15, 0.2) is 54.9 Å². The summed E-state index contributed by atoms with van der Waals surface area (Å²) in [6.07, 6.45) is 4.24. The van der Waals surface area contributed by atoms with Gasteiger partial charge >= 0.3 is 109 Å². The zero-order valence-corrected chi connectivity index (χ0v) is 15.3. The van der Waals surface area contributed by atoms with Gasteiger partial charge in [-0.15, -0.1) is 0 Å². The molecule has 2 aromatic rings. The third-order valence-corrected chi connectivity index (χ3v) is 5.53. The monoisotopic (exact) mass is 427 g/mol. The van der Waals surface area contributed by atoms with E-state index in [-0.39, 0.29) is 0 Å². The van der Waals surface area contributed by atoms with Crippen molar-refractivity contribution >= 4 is 25.1 Å². The average molecular weight is 426 g/mol. The van der Waals surface area contributed by atoms with Gasteiger partial charge in [0.1, 0.15) is 0 Å². The number of pyridine rings is 1. The van der Waals surface area contributed by atoms with Crippen molar-refractivity contribution in [2.24, 2.45) is 7.05 Å². The number of hydrogen-bond acceptors (Lipinski definition) is 3. The van der Waals surface area contributed by atoms with E-state index in [2.05, 4.69) is 66.5 Å². The minimum Gasteiger partial charge on any atom is -0.741 e. The van der Waals surface area contributed by atoms with Crippen molar-refractivity contribution in [2.75, 3.05) is 0 Å². The Morgan fingerprint density at radius 1 is 1.00 bits per heavy atom. The predicted octanol–water partition coefficient (Wildman–Crippen LogP) is 1.97. The molecule has 0 bridgehead atoms. The van der Waals surface area contributed by atoms with Crippen LogP contribution in [-0.4, -0.2) is 33.4 Å². The largest absolute Gasteiger partial charge is 0.741 e. The zero-order valence-electron chi connectivity index (χ0n) is 12.7. The van der Waals surface area contributed by atoms with Crippen LogP contribution >= 0.6 is 0 Å². The Hall–Kier alpha value is -1.41. The number of aromatic nitrogens is 1. The molecule has 0 saturated carbocycles. The van der Waals surface area contributed by atoms with Crippen molar-refractivity contribution in [2.45, 2.75) is 16.1 Å². The van der Waals surface area contributed by atoms with Crippen molar-refractivity contribution < 1.29 is 30.7 Å². The molecule has 0 N–H and O–H groups in total. The quantitative estimate of drug-likeness (QED) is 0.325. The molecule has 0 amide bonds. The van der Waals surface area contributed by atoms with Crippen LogP contribution in [0.1, 0.15) is 11.1 Å². The van der Waals surface area contributed by atoms with Crippen molar-refractivity contribution in [3.8, 4) is 0 Å². The van der Waals surface area contributed by atoms with E-state index in [1.54, 1.807) is 0 Å².